The molecule has 6 heteroatoms. The van der Waals surface area contributed by atoms with Gasteiger partial charge in [-0.25, -0.2) is 0 Å². The van der Waals surface area contributed by atoms with E-state index in [1.165, 1.54) is 0 Å². The Bertz CT molecular complexity index is 879. The largest absolute Gasteiger partial charge is 0.484 e. The Balaban J connectivity index is 1.48. The van der Waals surface area contributed by atoms with Crippen LogP contribution in [0.1, 0.15) is 26.3 Å². The summed E-state index contributed by atoms with van der Waals surface area (Å²) in [5.41, 5.74) is 2.57. The number of carbonyl (C=O) groups is 2. The van der Waals surface area contributed by atoms with Gasteiger partial charge in [-0.05, 0) is 48.9 Å². The van der Waals surface area contributed by atoms with Crippen LogP contribution in [-0.4, -0.2) is 49.5 Å². The summed E-state index contributed by atoms with van der Waals surface area (Å²) in [6.45, 7) is 10.9. The molecule has 2 aromatic carbocycles. The van der Waals surface area contributed by atoms with E-state index in [0.29, 0.717) is 5.75 Å². The molecular weight excluding hydrogens is 378 g/mol. The van der Waals surface area contributed by atoms with Crippen LogP contribution in [0.25, 0.3) is 0 Å². The van der Waals surface area contributed by atoms with Crippen LogP contribution in [0.15, 0.2) is 48.5 Å². The summed E-state index contributed by atoms with van der Waals surface area (Å²) in [7, 11) is 0. The third-order valence-electron chi connectivity index (χ3n) is 5.08. The zero-order chi connectivity index (χ0) is 21.7. The van der Waals surface area contributed by atoms with Gasteiger partial charge in [0.25, 0.3) is 5.91 Å². The molecular formula is C24H31N3O3. The smallest absolute Gasteiger partial charge is 0.262 e. The molecule has 2 aromatic rings. The lowest BCUT2D eigenvalue weighted by atomic mass is 9.94. The predicted molar refractivity (Wildman–Crippen MR) is 120 cm³/mol. The Morgan fingerprint density at radius 3 is 2.27 bits per heavy atom. The van der Waals surface area contributed by atoms with Gasteiger partial charge in [0.1, 0.15) is 5.75 Å². The number of nitrogens with zero attached hydrogens (tertiary/aromatic N) is 2. The van der Waals surface area contributed by atoms with Crippen LogP contribution in [0.2, 0.25) is 0 Å². The van der Waals surface area contributed by atoms with E-state index in [0.717, 1.165) is 43.1 Å². The summed E-state index contributed by atoms with van der Waals surface area (Å²) in [5.74, 6) is 0.691. The van der Waals surface area contributed by atoms with Gasteiger partial charge in [-0.3, -0.25) is 9.59 Å². The highest BCUT2D eigenvalue weighted by atomic mass is 16.5. The maximum Gasteiger partial charge on any atom is 0.262 e. The van der Waals surface area contributed by atoms with Crippen LogP contribution in [-0.2, 0) is 9.59 Å². The Hall–Kier alpha value is -3.02. The van der Waals surface area contributed by atoms with Gasteiger partial charge in [0, 0.05) is 43.0 Å². The molecule has 1 aliphatic rings. The van der Waals surface area contributed by atoms with Crippen molar-refractivity contribution in [1.29, 1.82) is 0 Å². The molecule has 0 saturated carbocycles. The van der Waals surface area contributed by atoms with Crippen LogP contribution in [0.4, 0.5) is 11.4 Å². The van der Waals surface area contributed by atoms with Gasteiger partial charge in [0.15, 0.2) is 6.61 Å². The first-order chi connectivity index (χ1) is 14.2. The molecule has 0 bridgehead atoms. The number of rotatable bonds is 5. The molecule has 0 spiro atoms. The Kier molecular flexibility index (Phi) is 6.65. The van der Waals surface area contributed by atoms with Gasteiger partial charge in [-0.2, -0.15) is 0 Å². The number of hydrogen-bond donors (Lipinski definition) is 1. The van der Waals surface area contributed by atoms with E-state index in [1.54, 1.807) is 0 Å². The monoisotopic (exact) mass is 409 g/mol. The molecule has 1 fully saturated rings. The minimum absolute atomic E-state index is 0.0328. The molecule has 1 N–H and O–H groups in total. The molecule has 1 heterocycles. The van der Waals surface area contributed by atoms with Crippen molar-refractivity contribution in [3.8, 4) is 5.75 Å². The first-order valence-electron chi connectivity index (χ1n) is 10.4. The normalized spacial score (nSPS) is 14.4. The highest BCUT2D eigenvalue weighted by Crippen LogP contribution is 2.22. The maximum atomic E-state index is 12.4. The third-order valence-corrected chi connectivity index (χ3v) is 5.08. The molecule has 6 nitrogen and oxygen atoms in total. The van der Waals surface area contributed by atoms with Crippen LogP contribution >= 0.6 is 0 Å². The molecule has 0 radical (unpaired) electrons. The average Bonchev–Trinajstić information content (AvgIpc) is 2.72. The van der Waals surface area contributed by atoms with Gasteiger partial charge in [0.05, 0.1) is 0 Å². The van der Waals surface area contributed by atoms with Crippen LogP contribution in [0.5, 0.6) is 5.75 Å². The van der Waals surface area contributed by atoms with Gasteiger partial charge in [0.2, 0.25) is 5.91 Å². The lowest BCUT2D eigenvalue weighted by molar-refractivity contribution is -0.139. The molecule has 0 atom stereocenters. The second-order valence-corrected chi connectivity index (χ2v) is 8.73. The highest BCUT2D eigenvalue weighted by molar-refractivity contribution is 5.92. The van der Waals surface area contributed by atoms with Crippen molar-refractivity contribution >= 4 is 23.2 Å². The maximum absolute atomic E-state index is 12.4. The van der Waals surface area contributed by atoms with Crippen LogP contribution < -0.4 is 15.0 Å². The van der Waals surface area contributed by atoms with Crippen molar-refractivity contribution in [2.45, 2.75) is 27.7 Å². The Labute approximate surface area is 178 Å². The van der Waals surface area contributed by atoms with Gasteiger partial charge >= 0.3 is 0 Å². The summed E-state index contributed by atoms with van der Waals surface area (Å²) in [5, 5.41) is 2.86. The zero-order valence-electron chi connectivity index (χ0n) is 18.3. The van der Waals surface area contributed by atoms with Crippen molar-refractivity contribution in [2.24, 2.45) is 5.41 Å². The molecule has 0 aromatic heterocycles. The van der Waals surface area contributed by atoms with Gasteiger partial charge in [-0.1, -0.05) is 32.9 Å². The van der Waals surface area contributed by atoms with E-state index < -0.39 is 0 Å². The number of benzene rings is 2. The number of hydrogen-bond acceptors (Lipinski definition) is 4. The number of ether oxygens (including phenoxy) is 1. The quantitative estimate of drug-likeness (QED) is 0.818. The summed E-state index contributed by atoms with van der Waals surface area (Å²) in [6.07, 6.45) is 0. The van der Waals surface area contributed by atoms with E-state index in [9.17, 15) is 9.59 Å². The van der Waals surface area contributed by atoms with Gasteiger partial charge < -0.3 is 19.9 Å². The summed E-state index contributed by atoms with van der Waals surface area (Å²) >= 11 is 0. The summed E-state index contributed by atoms with van der Waals surface area (Å²) in [6, 6.07) is 15.4. The molecule has 30 heavy (non-hydrogen) atoms. The zero-order valence-corrected chi connectivity index (χ0v) is 18.3. The summed E-state index contributed by atoms with van der Waals surface area (Å²) in [4.78, 5) is 28.8. The van der Waals surface area contributed by atoms with Crippen molar-refractivity contribution < 1.29 is 14.3 Å². The second kappa shape index (κ2) is 9.20. The standard InChI is InChI=1S/C24H31N3O3/c1-18-6-5-7-21(16-18)30-17-22(28)25-19-8-10-20(11-9-19)26-12-14-27(15-13-26)23(29)24(2,3)4/h5-11,16H,12-15,17H2,1-4H3,(H,25,28). The van der Waals surface area contributed by atoms with Crippen molar-refractivity contribution in [3.63, 3.8) is 0 Å². The molecule has 1 saturated heterocycles. The third kappa shape index (κ3) is 5.75. The van der Waals surface area contributed by atoms with E-state index in [1.807, 2.05) is 81.1 Å². The molecule has 160 valence electrons. The summed E-state index contributed by atoms with van der Waals surface area (Å²) < 4.78 is 5.54. The number of nitrogens with one attached hydrogen (secondary N) is 1. The van der Waals surface area contributed by atoms with Crippen LogP contribution in [0, 0.1) is 12.3 Å². The molecule has 1 aliphatic heterocycles. The van der Waals surface area contributed by atoms with E-state index in [2.05, 4.69) is 10.2 Å². The fourth-order valence-corrected chi connectivity index (χ4v) is 3.45. The van der Waals surface area contributed by atoms with Crippen LogP contribution in [0.3, 0.4) is 0 Å². The van der Waals surface area contributed by atoms with Crippen molar-refractivity contribution in [2.75, 3.05) is 43.0 Å². The number of amides is 2. The first-order valence-corrected chi connectivity index (χ1v) is 10.4. The predicted octanol–water partition coefficient (Wildman–Crippen LogP) is 3.71. The fraction of sp³-hybridized carbons (Fsp3) is 0.417. The number of carbonyl (C=O) groups excluding carboxylic acids is 2. The Morgan fingerprint density at radius 2 is 1.67 bits per heavy atom. The molecule has 3 rings (SSSR count). The lowest BCUT2D eigenvalue weighted by Crippen LogP contribution is -2.51. The van der Waals surface area contributed by atoms with Gasteiger partial charge in [-0.15, -0.1) is 0 Å². The van der Waals surface area contributed by atoms with Crippen molar-refractivity contribution in [1.82, 2.24) is 4.90 Å². The molecule has 0 aliphatic carbocycles. The molecule has 2 amide bonds. The van der Waals surface area contributed by atoms with E-state index >= 15 is 0 Å². The second-order valence-electron chi connectivity index (χ2n) is 8.73. The SMILES string of the molecule is Cc1cccc(OCC(=O)Nc2ccc(N3CCN(C(=O)C(C)(C)C)CC3)cc2)c1. The minimum atomic E-state index is -0.342. The lowest BCUT2D eigenvalue weighted by Gasteiger charge is -2.38. The molecule has 0 unspecified atom stereocenters. The minimum Gasteiger partial charge on any atom is -0.484 e. The topological polar surface area (TPSA) is 61.9 Å². The number of anilines is 2. The number of piperazine rings is 1. The van der Waals surface area contributed by atoms with Crippen molar-refractivity contribution in [3.05, 3.63) is 54.1 Å². The average molecular weight is 410 g/mol. The van der Waals surface area contributed by atoms with E-state index in [4.69, 9.17) is 4.74 Å². The fourth-order valence-electron chi connectivity index (χ4n) is 3.45. The highest BCUT2D eigenvalue weighted by Gasteiger charge is 2.29. The Morgan fingerprint density at radius 1 is 1.00 bits per heavy atom. The van der Waals surface area contributed by atoms with E-state index in [-0.39, 0.29) is 23.8 Å². The first kappa shape index (κ1) is 21.7. The number of aryl methyl sites for hydroxylation is 1.